The molecule has 0 atom stereocenters. The lowest BCUT2D eigenvalue weighted by Gasteiger charge is -2.10. The van der Waals surface area contributed by atoms with E-state index in [0.29, 0.717) is 16.7 Å². The van der Waals surface area contributed by atoms with Crippen molar-refractivity contribution in [1.29, 1.82) is 0 Å². The van der Waals surface area contributed by atoms with E-state index < -0.39 is 11.8 Å². The number of cyclic esters (lactones) is 1. The van der Waals surface area contributed by atoms with Gasteiger partial charge in [-0.3, -0.25) is 0 Å². The van der Waals surface area contributed by atoms with E-state index in [1.165, 1.54) is 6.07 Å². The van der Waals surface area contributed by atoms with Gasteiger partial charge in [0.25, 0.3) is 0 Å². The number of hydrogen-bond acceptors (Lipinski definition) is 3. The third kappa shape index (κ3) is 3.17. The second kappa shape index (κ2) is 7.00. The van der Waals surface area contributed by atoms with Gasteiger partial charge in [-0.2, -0.15) is 0 Å². The maximum absolute atomic E-state index is 14.6. The van der Waals surface area contributed by atoms with Crippen molar-refractivity contribution in [1.82, 2.24) is 0 Å². The van der Waals surface area contributed by atoms with Crippen molar-refractivity contribution >= 4 is 17.4 Å². The Morgan fingerprint density at radius 2 is 1.56 bits per heavy atom. The number of rotatable bonds is 3. The van der Waals surface area contributed by atoms with E-state index >= 15 is 0 Å². The van der Waals surface area contributed by atoms with Gasteiger partial charge in [-0.05, 0) is 30.2 Å². The minimum Gasteiger partial charge on any atom is -0.402 e. The molecule has 0 radical (unpaired) electrons. The van der Waals surface area contributed by atoms with Crippen molar-refractivity contribution in [2.24, 2.45) is 4.99 Å². The Bertz CT molecular complexity index is 1080. The van der Waals surface area contributed by atoms with Crippen molar-refractivity contribution in [3.05, 3.63) is 113 Å². The summed E-state index contributed by atoms with van der Waals surface area (Å²) in [6.45, 7) is 1.92. The maximum Gasteiger partial charge on any atom is 0.364 e. The first-order chi connectivity index (χ1) is 13.1. The maximum atomic E-state index is 14.6. The van der Waals surface area contributed by atoms with Crippen LogP contribution in [0.25, 0.3) is 5.57 Å². The van der Waals surface area contributed by atoms with Crippen LogP contribution in [0.1, 0.15) is 22.3 Å². The molecule has 0 unspecified atom stereocenters. The highest BCUT2D eigenvalue weighted by atomic mass is 19.1. The smallest absolute Gasteiger partial charge is 0.364 e. The molecule has 3 nitrogen and oxygen atoms in total. The van der Waals surface area contributed by atoms with Gasteiger partial charge in [0, 0.05) is 16.7 Å². The molecule has 1 heterocycles. The number of benzene rings is 3. The number of ether oxygens (including phenoxy) is 1. The average Bonchev–Trinajstić information content (AvgIpc) is 3.06. The van der Waals surface area contributed by atoms with E-state index in [1.54, 1.807) is 18.2 Å². The Balaban J connectivity index is 1.96. The van der Waals surface area contributed by atoms with Crippen LogP contribution in [0.2, 0.25) is 0 Å². The van der Waals surface area contributed by atoms with E-state index in [4.69, 9.17) is 4.74 Å². The number of carbonyl (C=O) groups excluding carboxylic acids is 1. The highest BCUT2D eigenvalue weighted by Gasteiger charge is 2.30. The Kier molecular flexibility index (Phi) is 4.38. The molecule has 0 aliphatic carbocycles. The van der Waals surface area contributed by atoms with Crippen LogP contribution >= 0.6 is 0 Å². The Hall–Kier alpha value is -3.53. The number of aliphatic imine (C=N–C) groups is 1. The first kappa shape index (κ1) is 16.9. The molecular weight excluding hydrogens is 341 g/mol. The first-order valence-corrected chi connectivity index (χ1v) is 8.56. The van der Waals surface area contributed by atoms with Gasteiger partial charge < -0.3 is 4.74 Å². The highest BCUT2D eigenvalue weighted by Crippen LogP contribution is 2.33. The molecule has 3 aromatic carbocycles. The van der Waals surface area contributed by atoms with Gasteiger partial charge in [-0.15, -0.1) is 0 Å². The molecule has 27 heavy (non-hydrogen) atoms. The molecule has 0 bridgehead atoms. The molecule has 0 saturated carbocycles. The molecule has 4 rings (SSSR count). The lowest BCUT2D eigenvalue weighted by molar-refractivity contribution is -0.129. The summed E-state index contributed by atoms with van der Waals surface area (Å²) >= 11 is 0. The summed E-state index contributed by atoms with van der Waals surface area (Å²) in [4.78, 5) is 17.1. The van der Waals surface area contributed by atoms with Crippen LogP contribution in [0, 0.1) is 12.7 Å². The normalized spacial score (nSPS) is 15.3. The monoisotopic (exact) mass is 357 g/mol. The fraction of sp³-hybridized carbons (Fsp3) is 0.0435. The molecule has 132 valence electrons. The van der Waals surface area contributed by atoms with Crippen LogP contribution in [0.3, 0.4) is 0 Å². The van der Waals surface area contributed by atoms with Crippen molar-refractivity contribution < 1.29 is 13.9 Å². The zero-order chi connectivity index (χ0) is 18.8. The van der Waals surface area contributed by atoms with Crippen LogP contribution in [0.5, 0.6) is 0 Å². The van der Waals surface area contributed by atoms with Gasteiger partial charge >= 0.3 is 5.97 Å². The molecule has 4 heteroatoms. The summed E-state index contributed by atoms with van der Waals surface area (Å²) < 4.78 is 20.0. The molecule has 0 saturated heterocycles. The third-order valence-electron chi connectivity index (χ3n) is 4.41. The van der Waals surface area contributed by atoms with E-state index in [-0.39, 0.29) is 11.6 Å². The van der Waals surface area contributed by atoms with Crippen LogP contribution in [-0.2, 0) is 9.53 Å². The third-order valence-corrected chi connectivity index (χ3v) is 4.41. The predicted octanol–water partition coefficient (Wildman–Crippen LogP) is 4.90. The summed E-state index contributed by atoms with van der Waals surface area (Å²) in [7, 11) is 0. The minimum atomic E-state index is -0.588. The van der Waals surface area contributed by atoms with E-state index in [0.717, 1.165) is 11.1 Å². The molecule has 1 aliphatic heterocycles. The molecule has 0 fully saturated rings. The SMILES string of the molecule is Cc1ccccc1C1=N/C(=C(\c2ccccc2)c2ccccc2F)C(=O)O1. The summed E-state index contributed by atoms with van der Waals surface area (Å²) in [5.41, 5.74) is 3.21. The van der Waals surface area contributed by atoms with E-state index in [9.17, 15) is 9.18 Å². The zero-order valence-electron chi connectivity index (χ0n) is 14.6. The van der Waals surface area contributed by atoms with Crippen LogP contribution in [0.15, 0.2) is 89.6 Å². The molecule has 0 aromatic heterocycles. The fourth-order valence-electron chi connectivity index (χ4n) is 3.08. The van der Waals surface area contributed by atoms with Gasteiger partial charge in [-0.25, -0.2) is 14.2 Å². The summed E-state index contributed by atoms with van der Waals surface area (Å²) in [6, 6.07) is 23.1. The van der Waals surface area contributed by atoms with Gasteiger partial charge in [0.1, 0.15) is 5.82 Å². The second-order valence-electron chi connectivity index (χ2n) is 6.19. The number of nitrogens with zero attached hydrogens (tertiary/aromatic N) is 1. The molecule has 1 aliphatic rings. The zero-order valence-corrected chi connectivity index (χ0v) is 14.6. The minimum absolute atomic E-state index is 0.101. The van der Waals surface area contributed by atoms with Crippen molar-refractivity contribution in [2.45, 2.75) is 6.92 Å². The topological polar surface area (TPSA) is 38.7 Å². The highest BCUT2D eigenvalue weighted by molar-refractivity contribution is 6.15. The van der Waals surface area contributed by atoms with Crippen LogP contribution in [0.4, 0.5) is 4.39 Å². The van der Waals surface area contributed by atoms with E-state index in [2.05, 4.69) is 4.99 Å². The first-order valence-electron chi connectivity index (χ1n) is 8.56. The van der Waals surface area contributed by atoms with Crippen molar-refractivity contribution in [2.75, 3.05) is 0 Å². The van der Waals surface area contributed by atoms with Gasteiger partial charge in [0.2, 0.25) is 5.90 Å². The summed E-state index contributed by atoms with van der Waals surface area (Å²) in [5.74, 6) is -0.774. The Morgan fingerprint density at radius 1 is 0.889 bits per heavy atom. The summed E-state index contributed by atoms with van der Waals surface area (Å²) in [6.07, 6.45) is 0. The number of aryl methyl sites for hydroxylation is 1. The molecule has 3 aromatic rings. The van der Waals surface area contributed by atoms with Crippen molar-refractivity contribution in [3.8, 4) is 0 Å². The number of carbonyl (C=O) groups is 1. The largest absolute Gasteiger partial charge is 0.402 e. The number of halogens is 1. The predicted molar refractivity (Wildman–Crippen MR) is 103 cm³/mol. The number of esters is 1. The fourth-order valence-corrected chi connectivity index (χ4v) is 3.08. The van der Waals surface area contributed by atoms with Crippen LogP contribution < -0.4 is 0 Å². The lowest BCUT2D eigenvalue weighted by Crippen LogP contribution is -2.07. The molecule has 0 N–H and O–H groups in total. The Morgan fingerprint density at radius 3 is 2.30 bits per heavy atom. The Labute approximate surface area is 156 Å². The quantitative estimate of drug-likeness (QED) is 0.494. The van der Waals surface area contributed by atoms with Gasteiger partial charge in [0.05, 0.1) is 0 Å². The molecule has 0 amide bonds. The van der Waals surface area contributed by atoms with Gasteiger partial charge in [0.15, 0.2) is 5.70 Å². The molecule has 0 spiro atoms. The average molecular weight is 357 g/mol. The second-order valence-corrected chi connectivity index (χ2v) is 6.19. The summed E-state index contributed by atoms with van der Waals surface area (Å²) in [5, 5.41) is 0. The van der Waals surface area contributed by atoms with Crippen molar-refractivity contribution in [3.63, 3.8) is 0 Å². The van der Waals surface area contributed by atoms with E-state index in [1.807, 2.05) is 61.5 Å². The number of hydrogen-bond donors (Lipinski definition) is 0. The lowest BCUT2D eigenvalue weighted by atomic mass is 9.95. The molecular formula is C23H16FNO2. The van der Waals surface area contributed by atoms with Gasteiger partial charge in [-0.1, -0.05) is 66.7 Å². The standard InChI is InChI=1S/C23H16FNO2/c1-15-9-5-6-12-17(15)22-25-21(23(26)27-22)20(16-10-3-2-4-11-16)18-13-7-8-14-19(18)24/h2-14H,1H3/b21-20+. The van der Waals surface area contributed by atoms with Crippen LogP contribution in [-0.4, -0.2) is 11.9 Å².